The summed E-state index contributed by atoms with van der Waals surface area (Å²) in [6.45, 7) is 3.63. The van der Waals surface area contributed by atoms with Gasteiger partial charge in [-0.05, 0) is 36.9 Å². The van der Waals surface area contributed by atoms with Crippen molar-refractivity contribution in [2.24, 2.45) is 11.1 Å². The monoisotopic (exact) mass is 260 g/mol. The molecule has 1 aromatic rings. The molecule has 1 saturated carbocycles. The minimum atomic E-state index is 0.184. The molecule has 19 heavy (non-hydrogen) atoms. The lowest BCUT2D eigenvalue weighted by atomic mass is 10.1. The van der Waals surface area contributed by atoms with Crippen LogP contribution in [0.4, 0.5) is 0 Å². The van der Waals surface area contributed by atoms with Crippen LogP contribution in [-0.2, 0) is 17.6 Å². The number of amides is 1. The summed E-state index contributed by atoms with van der Waals surface area (Å²) in [5, 5.41) is 0. The van der Waals surface area contributed by atoms with Crippen LogP contribution < -0.4 is 5.73 Å². The highest BCUT2D eigenvalue weighted by atomic mass is 16.2. The summed E-state index contributed by atoms with van der Waals surface area (Å²) in [6.07, 6.45) is 3.84. The average molecular weight is 260 g/mol. The molecule has 3 nitrogen and oxygen atoms in total. The van der Waals surface area contributed by atoms with Gasteiger partial charge in [-0.3, -0.25) is 4.79 Å². The van der Waals surface area contributed by atoms with E-state index >= 15 is 0 Å². The molecule has 1 amide bonds. The molecule has 1 aliphatic rings. The van der Waals surface area contributed by atoms with E-state index in [9.17, 15) is 4.79 Å². The van der Waals surface area contributed by atoms with E-state index in [0.29, 0.717) is 13.0 Å². The maximum Gasteiger partial charge on any atom is 0.226 e. The summed E-state index contributed by atoms with van der Waals surface area (Å²) < 4.78 is 0. The lowest BCUT2D eigenvalue weighted by Gasteiger charge is -2.23. The molecule has 0 bridgehead atoms. The highest BCUT2D eigenvalue weighted by Gasteiger charge is 2.42. The van der Waals surface area contributed by atoms with Crippen molar-refractivity contribution >= 4 is 5.91 Å². The van der Waals surface area contributed by atoms with E-state index in [1.165, 1.54) is 5.56 Å². The van der Waals surface area contributed by atoms with Gasteiger partial charge in [0.15, 0.2) is 0 Å². The number of hydrogen-bond donors (Lipinski definition) is 1. The van der Waals surface area contributed by atoms with E-state index in [-0.39, 0.29) is 11.3 Å². The SMILES string of the molecule is CCc1ccc(CC(=O)N(C)CC2(CN)CC2)cc1. The van der Waals surface area contributed by atoms with E-state index < -0.39 is 0 Å². The Hall–Kier alpha value is -1.35. The Morgan fingerprint density at radius 2 is 1.84 bits per heavy atom. The molecule has 0 atom stereocenters. The van der Waals surface area contributed by atoms with E-state index in [0.717, 1.165) is 31.4 Å². The number of nitrogens with zero attached hydrogens (tertiary/aromatic N) is 1. The van der Waals surface area contributed by atoms with Gasteiger partial charge in [-0.25, -0.2) is 0 Å². The Labute approximate surface area is 115 Å². The molecule has 2 N–H and O–H groups in total. The molecule has 1 aliphatic carbocycles. The van der Waals surface area contributed by atoms with Gasteiger partial charge < -0.3 is 10.6 Å². The van der Waals surface area contributed by atoms with Gasteiger partial charge in [0, 0.05) is 19.0 Å². The molecule has 0 unspecified atom stereocenters. The smallest absolute Gasteiger partial charge is 0.226 e. The van der Waals surface area contributed by atoms with Crippen LogP contribution in [0.5, 0.6) is 0 Å². The highest BCUT2D eigenvalue weighted by molar-refractivity contribution is 5.78. The van der Waals surface area contributed by atoms with Crippen molar-refractivity contribution in [2.75, 3.05) is 20.1 Å². The first-order valence-electron chi connectivity index (χ1n) is 7.10. The number of nitrogens with two attached hydrogens (primary N) is 1. The van der Waals surface area contributed by atoms with Gasteiger partial charge in [-0.15, -0.1) is 0 Å². The highest BCUT2D eigenvalue weighted by Crippen LogP contribution is 2.44. The molecule has 0 aliphatic heterocycles. The van der Waals surface area contributed by atoms with Gasteiger partial charge in [0.1, 0.15) is 0 Å². The number of hydrogen-bond acceptors (Lipinski definition) is 2. The van der Waals surface area contributed by atoms with Crippen molar-refractivity contribution in [3.63, 3.8) is 0 Å². The van der Waals surface area contributed by atoms with Crippen LogP contribution in [0.3, 0.4) is 0 Å². The van der Waals surface area contributed by atoms with Gasteiger partial charge in [-0.1, -0.05) is 31.2 Å². The van der Waals surface area contributed by atoms with Gasteiger partial charge in [-0.2, -0.15) is 0 Å². The summed E-state index contributed by atoms with van der Waals surface area (Å²) in [5.74, 6) is 0.184. The van der Waals surface area contributed by atoms with Crippen LogP contribution in [-0.4, -0.2) is 30.9 Å². The Kier molecular flexibility index (Phi) is 4.25. The van der Waals surface area contributed by atoms with Gasteiger partial charge in [0.2, 0.25) is 5.91 Å². The minimum Gasteiger partial charge on any atom is -0.345 e. The normalized spacial score (nSPS) is 16.2. The number of aryl methyl sites for hydroxylation is 1. The van der Waals surface area contributed by atoms with Gasteiger partial charge in [0.05, 0.1) is 6.42 Å². The zero-order chi connectivity index (χ0) is 13.9. The molecular weight excluding hydrogens is 236 g/mol. The Morgan fingerprint density at radius 1 is 1.26 bits per heavy atom. The van der Waals surface area contributed by atoms with Crippen molar-refractivity contribution in [3.8, 4) is 0 Å². The quantitative estimate of drug-likeness (QED) is 0.850. The third kappa shape index (κ3) is 3.57. The first-order chi connectivity index (χ1) is 9.08. The fourth-order valence-electron chi connectivity index (χ4n) is 2.40. The Balaban J connectivity index is 1.88. The first kappa shape index (κ1) is 14.1. The number of benzene rings is 1. The van der Waals surface area contributed by atoms with Crippen LogP contribution in [0, 0.1) is 5.41 Å². The topological polar surface area (TPSA) is 46.3 Å². The lowest BCUT2D eigenvalue weighted by Crippen LogP contribution is -2.36. The Bertz CT molecular complexity index is 435. The zero-order valence-corrected chi connectivity index (χ0v) is 12.0. The van der Waals surface area contributed by atoms with E-state index in [4.69, 9.17) is 5.73 Å². The van der Waals surface area contributed by atoms with Crippen LogP contribution in [0.2, 0.25) is 0 Å². The average Bonchev–Trinajstić information content (AvgIpc) is 3.20. The van der Waals surface area contributed by atoms with Crippen molar-refractivity contribution in [2.45, 2.75) is 32.6 Å². The molecular formula is C16H24N2O. The summed E-state index contributed by atoms with van der Waals surface area (Å²) in [5.41, 5.74) is 8.38. The van der Waals surface area contributed by atoms with E-state index in [1.807, 2.05) is 11.9 Å². The second-order valence-electron chi connectivity index (χ2n) is 5.80. The number of rotatable bonds is 6. The summed E-state index contributed by atoms with van der Waals surface area (Å²) in [6, 6.07) is 8.32. The third-order valence-electron chi connectivity index (χ3n) is 4.18. The largest absolute Gasteiger partial charge is 0.345 e. The fraction of sp³-hybridized carbons (Fsp3) is 0.562. The fourth-order valence-corrected chi connectivity index (χ4v) is 2.40. The molecule has 104 valence electrons. The number of likely N-dealkylation sites (N-methyl/N-ethyl adjacent to an activating group) is 1. The maximum atomic E-state index is 12.2. The van der Waals surface area contributed by atoms with Crippen molar-refractivity contribution < 1.29 is 4.79 Å². The number of carbonyl (C=O) groups excluding carboxylic acids is 1. The minimum absolute atomic E-state index is 0.184. The van der Waals surface area contributed by atoms with Crippen LogP contribution >= 0.6 is 0 Å². The molecule has 0 saturated heterocycles. The molecule has 0 spiro atoms. The van der Waals surface area contributed by atoms with Gasteiger partial charge in [0.25, 0.3) is 0 Å². The van der Waals surface area contributed by atoms with Crippen LogP contribution in [0.1, 0.15) is 30.9 Å². The Morgan fingerprint density at radius 3 is 2.32 bits per heavy atom. The van der Waals surface area contributed by atoms with Crippen LogP contribution in [0.15, 0.2) is 24.3 Å². The van der Waals surface area contributed by atoms with E-state index in [2.05, 4.69) is 31.2 Å². The second-order valence-corrected chi connectivity index (χ2v) is 5.80. The summed E-state index contributed by atoms with van der Waals surface area (Å²) in [4.78, 5) is 14.0. The third-order valence-corrected chi connectivity index (χ3v) is 4.18. The molecule has 1 aromatic carbocycles. The second kappa shape index (κ2) is 5.74. The maximum absolute atomic E-state index is 12.2. The molecule has 0 aromatic heterocycles. The predicted molar refractivity (Wildman–Crippen MR) is 77.9 cm³/mol. The van der Waals surface area contributed by atoms with Gasteiger partial charge >= 0.3 is 0 Å². The predicted octanol–water partition coefficient (Wildman–Crippen LogP) is 1.99. The first-order valence-corrected chi connectivity index (χ1v) is 7.10. The summed E-state index contributed by atoms with van der Waals surface area (Å²) >= 11 is 0. The van der Waals surface area contributed by atoms with Crippen molar-refractivity contribution in [3.05, 3.63) is 35.4 Å². The standard InChI is InChI=1S/C16H24N2O/c1-3-13-4-6-14(7-5-13)10-15(19)18(2)12-16(11-17)8-9-16/h4-7H,3,8-12,17H2,1-2H3. The summed E-state index contributed by atoms with van der Waals surface area (Å²) in [7, 11) is 1.89. The molecule has 2 rings (SSSR count). The molecule has 1 fully saturated rings. The van der Waals surface area contributed by atoms with Crippen molar-refractivity contribution in [1.82, 2.24) is 4.90 Å². The zero-order valence-electron chi connectivity index (χ0n) is 12.0. The number of carbonyl (C=O) groups is 1. The molecule has 0 radical (unpaired) electrons. The molecule has 0 heterocycles. The van der Waals surface area contributed by atoms with E-state index in [1.54, 1.807) is 0 Å². The van der Waals surface area contributed by atoms with Crippen LogP contribution in [0.25, 0.3) is 0 Å². The lowest BCUT2D eigenvalue weighted by molar-refractivity contribution is -0.129. The van der Waals surface area contributed by atoms with Crippen molar-refractivity contribution in [1.29, 1.82) is 0 Å². The molecule has 3 heteroatoms.